The van der Waals surface area contributed by atoms with Crippen molar-refractivity contribution in [2.45, 2.75) is 20.8 Å². The number of aromatic nitrogens is 2. The van der Waals surface area contributed by atoms with Crippen molar-refractivity contribution < 1.29 is 19.1 Å². The van der Waals surface area contributed by atoms with Crippen molar-refractivity contribution in [1.29, 1.82) is 0 Å². The second-order valence-corrected chi connectivity index (χ2v) is 7.19. The van der Waals surface area contributed by atoms with Gasteiger partial charge < -0.3 is 5.11 Å². The Morgan fingerprint density at radius 2 is 1.74 bits per heavy atom. The van der Waals surface area contributed by atoms with Crippen molar-refractivity contribution in [2.75, 3.05) is 5.01 Å². The van der Waals surface area contributed by atoms with Gasteiger partial charge in [-0.15, -0.1) is 0 Å². The van der Waals surface area contributed by atoms with E-state index < -0.39 is 17.6 Å². The van der Waals surface area contributed by atoms with Crippen LogP contribution in [0.4, 0.5) is 10.1 Å². The third-order valence-electron chi connectivity index (χ3n) is 5.07. The van der Waals surface area contributed by atoms with Gasteiger partial charge in [0, 0.05) is 5.56 Å². The zero-order valence-corrected chi connectivity index (χ0v) is 17.1. The molecule has 8 heteroatoms. The molecule has 0 bridgehead atoms. The number of amides is 1. The Kier molecular flexibility index (Phi) is 4.98. The van der Waals surface area contributed by atoms with Crippen LogP contribution in [0.1, 0.15) is 34.1 Å². The van der Waals surface area contributed by atoms with E-state index in [1.807, 2.05) is 6.07 Å². The van der Waals surface area contributed by atoms with Crippen LogP contribution in [0.2, 0.25) is 0 Å². The first-order valence-electron chi connectivity index (χ1n) is 9.54. The summed E-state index contributed by atoms with van der Waals surface area (Å²) >= 11 is 0. The molecule has 31 heavy (non-hydrogen) atoms. The number of rotatable bonds is 3. The maximum absolute atomic E-state index is 13.2. The fourth-order valence-corrected chi connectivity index (χ4v) is 3.35. The molecule has 2 aromatic carbocycles. The van der Waals surface area contributed by atoms with Crippen molar-refractivity contribution in [3.05, 3.63) is 82.3 Å². The number of benzene rings is 2. The van der Waals surface area contributed by atoms with E-state index in [2.05, 4.69) is 10.2 Å². The first-order valence-corrected chi connectivity index (χ1v) is 9.54. The number of nitrogens with zero attached hydrogens (tertiary/aromatic N) is 4. The molecule has 1 aliphatic heterocycles. The van der Waals surface area contributed by atoms with Crippen molar-refractivity contribution >= 4 is 29.3 Å². The lowest BCUT2D eigenvalue weighted by Crippen LogP contribution is -2.21. The average Bonchev–Trinajstić information content (AvgIpc) is 3.19. The third kappa shape index (κ3) is 3.52. The van der Waals surface area contributed by atoms with Crippen LogP contribution < -0.4 is 5.01 Å². The molecule has 2 heterocycles. The Bertz CT molecular complexity index is 1270. The fourth-order valence-electron chi connectivity index (χ4n) is 3.35. The number of aromatic hydroxyl groups is 1. The van der Waals surface area contributed by atoms with Crippen LogP contribution in [0.25, 0.3) is 6.08 Å². The summed E-state index contributed by atoms with van der Waals surface area (Å²) in [5.41, 5.74) is 2.88. The van der Waals surface area contributed by atoms with Crippen LogP contribution in [-0.2, 0) is 4.79 Å². The highest BCUT2D eigenvalue weighted by Gasteiger charge is 2.30. The largest absolute Gasteiger partial charge is 0.493 e. The lowest BCUT2D eigenvalue weighted by molar-refractivity contribution is -0.114. The molecule has 1 aromatic heterocycles. The second-order valence-electron chi connectivity index (χ2n) is 7.19. The van der Waals surface area contributed by atoms with E-state index >= 15 is 0 Å². The monoisotopic (exact) mass is 418 g/mol. The second kappa shape index (κ2) is 7.64. The summed E-state index contributed by atoms with van der Waals surface area (Å²) in [5.74, 6) is -1.68. The minimum absolute atomic E-state index is 0.241. The number of aryl methyl sites for hydroxylation is 2. The Labute approximate surface area is 177 Å². The molecule has 3 aromatic rings. The van der Waals surface area contributed by atoms with Crippen LogP contribution >= 0.6 is 0 Å². The highest BCUT2D eigenvalue weighted by molar-refractivity contribution is 6.32. The van der Waals surface area contributed by atoms with Gasteiger partial charge >= 0.3 is 0 Å². The first-order chi connectivity index (χ1) is 14.8. The molecule has 0 saturated carbocycles. The van der Waals surface area contributed by atoms with Crippen LogP contribution in [0.5, 0.6) is 5.88 Å². The van der Waals surface area contributed by atoms with Crippen molar-refractivity contribution in [3.63, 3.8) is 0 Å². The normalized spacial score (nSPS) is 15.0. The van der Waals surface area contributed by atoms with Crippen molar-refractivity contribution in [1.82, 2.24) is 9.78 Å². The number of anilines is 1. The van der Waals surface area contributed by atoms with Gasteiger partial charge in [0.2, 0.25) is 5.88 Å². The Morgan fingerprint density at radius 3 is 2.42 bits per heavy atom. The predicted octanol–water partition coefficient (Wildman–Crippen LogP) is 3.84. The molecule has 0 unspecified atom stereocenters. The van der Waals surface area contributed by atoms with Crippen LogP contribution in [0.3, 0.4) is 0 Å². The minimum Gasteiger partial charge on any atom is -0.493 e. The SMILES string of the molecule is CC1=NN(c2ccc(F)cc2)C(=O)C1=Cc1c(C)nn(C(=O)c2ccccc2C)c1O. The summed E-state index contributed by atoms with van der Waals surface area (Å²) in [6.07, 6.45) is 1.46. The molecular weight excluding hydrogens is 399 g/mol. The Balaban J connectivity index is 1.70. The van der Waals surface area contributed by atoms with Crippen LogP contribution in [0, 0.1) is 19.7 Å². The zero-order chi connectivity index (χ0) is 22.3. The number of hydrogen-bond donors (Lipinski definition) is 1. The quantitative estimate of drug-likeness (QED) is 0.655. The summed E-state index contributed by atoms with van der Waals surface area (Å²) in [4.78, 5) is 25.8. The number of halogens is 1. The van der Waals surface area contributed by atoms with Gasteiger partial charge in [0.25, 0.3) is 11.8 Å². The Morgan fingerprint density at radius 1 is 1.06 bits per heavy atom. The van der Waals surface area contributed by atoms with Crippen LogP contribution in [0.15, 0.2) is 59.2 Å². The molecular formula is C23H19FN4O3. The average molecular weight is 418 g/mol. The number of hydrazone groups is 1. The number of hydrogen-bond acceptors (Lipinski definition) is 5. The van der Waals surface area contributed by atoms with Gasteiger partial charge in [-0.1, -0.05) is 18.2 Å². The van der Waals surface area contributed by atoms with E-state index in [0.717, 1.165) is 15.3 Å². The van der Waals surface area contributed by atoms with Crippen molar-refractivity contribution in [3.8, 4) is 5.88 Å². The predicted molar refractivity (Wildman–Crippen MR) is 115 cm³/mol. The van der Waals surface area contributed by atoms with Gasteiger partial charge in [-0.25, -0.2) is 4.39 Å². The summed E-state index contributed by atoms with van der Waals surface area (Å²) in [5, 5.41) is 20.3. The van der Waals surface area contributed by atoms with E-state index in [0.29, 0.717) is 22.7 Å². The lowest BCUT2D eigenvalue weighted by Gasteiger charge is -2.11. The lowest BCUT2D eigenvalue weighted by atomic mass is 10.1. The molecule has 1 amide bonds. The molecule has 0 fully saturated rings. The molecule has 4 rings (SSSR count). The van der Waals surface area contributed by atoms with E-state index in [1.165, 1.54) is 30.3 Å². The summed E-state index contributed by atoms with van der Waals surface area (Å²) < 4.78 is 14.1. The standard InChI is InChI=1S/C23H19FN4O3/c1-13-6-4-5-7-18(13)21(29)28-23(31)20(15(3)26-28)12-19-14(2)25-27(22(19)30)17-10-8-16(24)9-11-17/h4-12,31H,1-3H3. The molecule has 0 atom stereocenters. The molecule has 0 radical (unpaired) electrons. The zero-order valence-electron chi connectivity index (χ0n) is 17.1. The molecule has 7 nitrogen and oxygen atoms in total. The van der Waals surface area contributed by atoms with Gasteiger partial charge in [-0.2, -0.15) is 19.9 Å². The molecule has 1 aliphatic rings. The number of carbonyl (C=O) groups is 2. The maximum Gasteiger partial charge on any atom is 0.281 e. The third-order valence-corrected chi connectivity index (χ3v) is 5.07. The smallest absolute Gasteiger partial charge is 0.281 e. The van der Waals surface area contributed by atoms with Gasteiger partial charge in [0.1, 0.15) is 5.82 Å². The Hall–Kier alpha value is -4.07. The summed E-state index contributed by atoms with van der Waals surface area (Å²) in [7, 11) is 0. The topological polar surface area (TPSA) is 87.8 Å². The summed E-state index contributed by atoms with van der Waals surface area (Å²) in [6.45, 7) is 5.09. The first kappa shape index (κ1) is 20.2. The molecule has 0 aliphatic carbocycles. The fraction of sp³-hybridized carbons (Fsp3) is 0.130. The molecule has 1 N–H and O–H groups in total. The highest BCUT2D eigenvalue weighted by atomic mass is 19.1. The van der Waals surface area contributed by atoms with Gasteiger partial charge in [0.15, 0.2) is 0 Å². The van der Waals surface area contributed by atoms with Gasteiger partial charge in [-0.05, 0) is 62.7 Å². The van der Waals surface area contributed by atoms with Gasteiger partial charge in [-0.3, -0.25) is 9.59 Å². The van der Waals surface area contributed by atoms with E-state index in [9.17, 15) is 19.1 Å². The van der Waals surface area contributed by atoms with Gasteiger partial charge in [0.05, 0.1) is 28.2 Å². The highest BCUT2D eigenvalue weighted by Crippen LogP contribution is 2.29. The van der Waals surface area contributed by atoms with E-state index in [1.54, 1.807) is 39.0 Å². The number of carbonyl (C=O) groups excluding carboxylic acids is 2. The van der Waals surface area contributed by atoms with Crippen LogP contribution in [-0.4, -0.2) is 32.4 Å². The molecule has 156 valence electrons. The summed E-state index contributed by atoms with van der Waals surface area (Å²) in [6, 6.07) is 12.4. The van der Waals surface area contributed by atoms with E-state index in [-0.39, 0.29) is 17.0 Å². The molecule has 0 saturated heterocycles. The maximum atomic E-state index is 13.2. The van der Waals surface area contributed by atoms with E-state index in [4.69, 9.17) is 0 Å². The molecule has 0 spiro atoms. The van der Waals surface area contributed by atoms with Crippen molar-refractivity contribution in [2.24, 2.45) is 5.10 Å². The minimum atomic E-state index is -0.473.